The Bertz CT molecular complexity index is 717. The van der Waals surface area contributed by atoms with Crippen molar-refractivity contribution in [1.82, 2.24) is 15.0 Å². The molecule has 2 aromatic heterocycles. The second kappa shape index (κ2) is 6.33. The molecule has 0 unspecified atom stereocenters. The molecule has 0 aliphatic carbocycles. The zero-order chi connectivity index (χ0) is 14.5. The Morgan fingerprint density at radius 1 is 0.952 bits per heavy atom. The van der Waals surface area contributed by atoms with Crippen molar-refractivity contribution in [2.75, 3.05) is 5.32 Å². The molecule has 4 nitrogen and oxygen atoms in total. The molecule has 104 valence electrons. The van der Waals surface area contributed by atoms with Crippen LogP contribution in [0, 0.1) is 0 Å². The lowest BCUT2D eigenvalue weighted by Crippen LogP contribution is -1.98. The lowest BCUT2D eigenvalue weighted by molar-refractivity contribution is 1.13. The molecule has 5 heteroatoms. The normalized spacial score (nSPS) is 10.3. The van der Waals surface area contributed by atoms with Gasteiger partial charge < -0.3 is 5.32 Å². The van der Waals surface area contributed by atoms with Crippen LogP contribution in [0.5, 0.6) is 0 Å². The minimum Gasteiger partial charge on any atom is -0.325 e. The highest BCUT2D eigenvalue weighted by molar-refractivity contribution is 6.30. The average molecular weight is 297 g/mol. The van der Waals surface area contributed by atoms with E-state index in [1.807, 2.05) is 30.3 Å². The van der Waals surface area contributed by atoms with E-state index in [4.69, 9.17) is 11.6 Å². The highest BCUT2D eigenvalue weighted by atomic mass is 35.5. The minimum absolute atomic E-state index is 0.498. The molecule has 3 rings (SSSR count). The molecule has 2 heterocycles. The summed E-state index contributed by atoms with van der Waals surface area (Å²) in [6, 6.07) is 15.8. The van der Waals surface area contributed by atoms with Gasteiger partial charge >= 0.3 is 0 Å². The third kappa shape index (κ3) is 3.55. The lowest BCUT2D eigenvalue weighted by atomic mass is 10.1. The Balaban J connectivity index is 1.77. The Kier molecular flexibility index (Phi) is 4.07. The van der Waals surface area contributed by atoms with Crippen LogP contribution in [0.4, 0.5) is 11.6 Å². The van der Waals surface area contributed by atoms with Gasteiger partial charge in [-0.3, -0.25) is 0 Å². The van der Waals surface area contributed by atoms with Gasteiger partial charge in [0, 0.05) is 12.6 Å². The van der Waals surface area contributed by atoms with E-state index in [9.17, 15) is 0 Å². The molecule has 0 saturated heterocycles. The van der Waals surface area contributed by atoms with Crippen LogP contribution in [0.1, 0.15) is 11.1 Å². The molecule has 1 N–H and O–H groups in total. The van der Waals surface area contributed by atoms with Crippen LogP contribution >= 0.6 is 11.6 Å². The molecular weight excluding hydrogens is 284 g/mol. The summed E-state index contributed by atoms with van der Waals surface area (Å²) in [6.07, 6.45) is 3.91. The van der Waals surface area contributed by atoms with E-state index < -0.39 is 0 Å². The van der Waals surface area contributed by atoms with E-state index in [2.05, 4.69) is 32.4 Å². The minimum atomic E-state index is 0.498. The summed E-state index contributed by atoms with van der Waals surface area (Å²) in [6.45, 7) is 0. The van der Waals surface area contributed by atoms with Crippen molar-refractivity contribution in [2.24, 2.45) is 0 Å². The van der Waals surface area contributed by atoms with Crippen molar-refractivity contribution < 1.29 is 0 Å². The zero-order valence-corrected chi connectivity index (χ0v) is 12.0. The summed E-state index contributed by atoms with van der Waals surface area (Å²) >= 11 is 6.26. The summed E-state index contributed by atoms with van der Waals surface area (Å²) in [5.74, 6) is 1.35. The summed E-state index contributed by atoms with van der Waals surface area (Å²) in [7, 11) is 0. The molecule has 0 spiro atoms. The fourth-order valence-electron chi connectivity index (χ4n) is 1.98. The molecule has 3 aromatic rings. The first-order valence-corrected chi connectivity index (χ1v) is 6.91. The number of aromatic nitrogens is 3. The molecule has 0 bridgehead atoms. The fraction of sp³-hybridized carbons (Fsp3) is 0.0625. The van der Waals surface area contributed by atoms with Crippen LogP contribution in [0.25, 0.3) is 0 Å². The van der Waals surface area contributed by atoms with Gasteiger partial charge in [0.2, 0.25) is 0 Å². The maximum atomic E-state index is 6.26. The first-order chi connectivity index (χ1) is 10.3. The monoisotopic (exact) mass is 296 g/mol. The van der Waals surface area contributed by atoms with Crippen LogP contribution in [-0.4, -0.2) is 15.0 Å². The first-order valence-electron chi connectivity index (χ1n) is 6.53. The second-order valence-corrected chi connectivity index (χ2v) is 4.89. The van der Waals surface area contributed by atoms with Crippen LogP contribution in [0.2, 0.25) is 5.15 Å². The standard InChI is InChI=1S/C16H13ClN4/c17-16-13(10-12-4-2-1-3-5-12)6-7-15(21-16)20-14-8-9-18-11-19-14/h1-9,11H,10H2,(H,18,19,20,21). The Morgan fingerprint density at radius 3 is 2.52 bits per heavy atom. The topological polar surface area (TPSA) is 50.7 Å². The summed E-state index contributed by atoms with van der Waals surface area (Å²) in [5.41, 5.74) is 2.20. The molecule has 0 amide bonds. The van der Waals surface area contributed by atoms with E-state index in [-0.39, 0.29) is 0 Å². The van der Waals surface area contributed by atoms with Gasteiger partial charge in [-0.2, -0.15) is 0 Å². The maximum Gasteiger partial charge on any atom is 0.135 e. The molecule has 0 aliphatic heterocycles. The molecule has 0 saturated carbocycles. The van der Waals surface area contributed by atoms with Crippen LogP contribution in [0.15, 0.2) is 61.1 Å². The zero-order valence-electron chi connectivity index (χ0n) is 11.2. The molecule has 0 fully saturated rings. The van der Waals surface area contributed by atoms with Gasteiger partial charge in [-0.15, -0.1) is 0 Å². The molecule has 0 aliphatic rings. The average Bonchev–Trinajstić information content (AvgIpc) is 2.52. The van der Waals surface area contributed by atoms with Crippen molar-refractivity contribution in [3.05, 3.63) is 77.3 Å². The number of hydrogen-bond acceptors (Lipinski definition) is 4. The van der Waals surface area contributed by atoms with Gasteiger partial charge in [0.15, 0.2) is 0 Å². The number of pyridine rings is 1. The fourth-order valence-corrected chi connectivity index (χ4v) is 2.20. The van der Waals surface area contributed by atoms with Crippen molar-refractivity contribution >= 4 is 23.2 Å². The first kappa shape index (κ1) is 13.5. The van der Waals surface area contributed by atoms with Crippen molar-refractivity contribution in [1.29, 1.82) is 0 Å². The largest absolute Gasteiger partial charge is 0.325 e. The number of benzene rings is 1. The predicted octanol–water partition coefficient (Wildman–Crippen LogP) is 3.86. The Hall–Kier alpha value is -2.46. The van der Waals surface area contributed by atoms with Crippen molar-refractivity contribution in [2.45, 2.75) is 6.42 Å². The Labute approximate surface area is 127 Å². The van der Waals surface area contributed by atoms with Gasteiger partial charge in [0.25, 0.3) is 0 Å². The van der Waals surface area contributed by atoms with E-state index in [0.717, 1.165) is 12.0 Å². The van der Waals surface area contributed by atoms with Crippen LogP contribution in [0.3, 0.4) is 0 Å². The number of hydrogen-bond donors (Lipinski definition) is 1. The number of nitrogens with one attached hydrogen (secondary N) is 1. The summed E-state index contributed by atoms with van der Waals surface area (Å²) in [4.78, 5) is 12.3. The lowest BCUT2D eigenvalue weighted by Gasteiger charge is -2.08. The van der Waals surface area contributed by atoms with E-state index in [1.165, 1.54) is 11.9 Å². The van der Waals surface area contributed by atoms with E-state index in [1.54, 1.807) is 12.3 Å². The van der Waals surface area contributed by atoms with Crippen LogP contribution in [-0.2, 0) is 6.42 Å². The van der Waals surface area contributed by atoms with Crippen molar-refractivity contribution in [3.63, 3.8) is 0 Å². The highest BCUT2D eigenvalue weighted by Gasteiger charge is 2.05. The predicted molar refractivity (Wildman–Crippen MR) is 83.8 cm³/mol. The third-order valence-electron chi connectivity index (χ3n) is 3.00. The molecule has 1 aromatic carbocycles. The van der Waals surface area contributed by atoms with Gasteiger partial charge in [0.05, 0.1) is 0 Å². The molecule has 21 heavy (non-hydrogen) atoms. The third-order valence-corrected chi connectivity index (χ3v) is 3.33. The second-order valence-electron chi connectivity index (χ2n) is 4.53. The highest BCUT2D eigenvalue weighted by Crippen LogP contribution is 2.21. The number of rotatable bonds is 4. The maximum absolute atomic E-state index is 6.26. The van der Waals surface area contributed by atoms with E-state index >= 15 is 0 Å². The van der Waals surface area contributed by atoms with Crippen LogP contribution < -0.4 is 5.32 Å². The van der Waals surface area contributed by atoms with Gasteiger partial charge in [-0.05, 0) is 23.3 Å². The van der Waals surface area contributed by atoms with Crippen molar-refractivity contribution in [3.8, 4) is 0 Å². The number of nitrogens with zero attached hydrogens (tertiary/aromatic N) is 3. The van der Waals surface area contributed by atoms with Gasteiger partial charge in [-0.1, -0.05) is 48.0 Å². The summed E-state index contributed by atoms with van der Waals surface area (Å²) < 4.78 is 0. The molecular formula is C16H13ClN4. The van der Waals surface area contributed by atoms with E-state index in [0.29, 0.717) is 16.8 Å². The number of anilines is 2. The summed E-state index contributed by atoms with van der Waals surface area (Å²) in [5, 5.41) is 3.59. The SMILES string of the molecule is Clc1nc(Nc2ccncn2)ccc1Cc1ccccc1. The quantitative estimate of drug-likeness (QED) is 0.743. The van der Waals surface area contributed by atoms with Gasteiger partial charge in [-0.25, -0.2) is 15.0 Å². The smallest absolute Gasteiger partial charge is 0.135 e. The molecule has 0 radical (unpaired) electrons. The number of halogens is 1. The Morgan fingerprint density at radius 2 is 1.81 bits per heavy atom. The van der Waals surface area contributed by atoms with Gasteiger partial charge in [0.1, 0.15) is 23.1 Å². The molecule has 0 atom stereocenters.